The molecule has 0 fully saturated rings. The van der Waals surface area contributed by atoms with Crippen molar-refractivity contribution in [2.75, 3.05) is 6.61 Å². The summed E-state index contributed by atoms with van der Waals surface area (Å²) in [5.41, 5.74) is 1.27. The predicted molar refractivity (Wildman–Crippen MR) is 50.7 cm³/mol. The summed E-state index contributed by atoms with van der Waals surface area (Å²) >= 11 is 0. The van der Waals surface area contributed by atoms with Crippen LogP contribution < -0.4 is 4.84 Å². The van der Waals surface area contributed by atoms with E-state index in [2.05, 4.69) is 25.8 Å². The van der Waals surface area contributed by atoms with Crippen molar-refractivity contribution in [1.82, 2.24) is 9.71 Å². The average Bonchev–Trinajstić information content (AvgIpc) is 2.45. The quantitative estimate of drug-likeness (QED) is 0.605. The van der Waals surface area contributed by atoms with Crippen LogP contribution in [0.3, 0.4) is 0 Å². The minimum atomic E-state index is 0.0651. The summed E-state index contributed by atoms with van der Waals surface area (Å²) in [6.45, 7) is 7.27. The molecule has 3 heteroatoms. The molecule has 0 saturated heterocycles. The lowest BCUT2D eigenvalue weighted by atomic mass is 9.96. The summed E-state index contributed by atoms with van der Waals surface area (Å²) in [6, 6.07) is 0. The van der Waals surface area contributed by atoms with E-state index in [-0.39, 0.29) is 5.41 Å². The molecule has 1 aliphatic heterocycles. The SMILES string of the molecule is CC(C)(C)c1ncc2n1OCCC2. The lowest BCUT2D eigenvalue weighted by Crippen LogP contribution is -2.28. The third kappa shape index (κ3) is 1.43. The van der Waals surface area contributed by atoms with Crippen LogP contribution in [-0.2, 0) is 11.8 Å². The van der Waals surface area contributed by atoms with Crippen LogP contribution in [0.5, 0.6) is 0 Å². The van der Waals surface area contributed by atoms with Crippen molar-refractivity contribution in [3.63, 3.8) is 0 Å². The fourth-order valence-electron chi connectivity index (χ4n) is 1.59. The number of fused-ring (bicyclic) bond motifs is 1. The molecule has 3 nitrogen and oxygen atoms in total. The molecule has 0 saturated carbocycles. The minimum absolute atomic E-state index is 0.0651. The maximum Gasteiger partial charge on any atom is 0.150 e. The van der Waals surface area contributed by atoms with Gasteiger partial charge >= 0.3 is 0 Å². The fraction of sp³-hybridized carbons (Fsp3) is 0.700. The van der Waals surface area contributed by atoms with Gasteiger partial charge in [-0.1, -0.05) is 20.8 Å². The summed E-state index contributed by atoms with van der Waals surface area (Å²) in [5, 5.41) is 0. The van der Waals surface area contributed by atoms with Gasteiger partial charge in [-0.2, -0.15) is 4.73 Å². The highest BCUT2D eigenvalue weighted by Crippen LogP contribution is 2.23. The molecule has 2 heterocycles. The van der Waals surface area contributed by atoms with Gasteiger partial charge in [0.1, 0.15) is 12.4 Å². The number of aryl methyl sites for hydroxylation is 1. The Morgan fingerprint density at radius 3 is 2.92 bits per heavy atom. The second-order valence-electron chi connectivity index (χ2n) is 4.55. The first-order chi connectivity index (χ1) is 6.09. The van der Waals surface area contributed by atoms with Crippen LogP contribution in [0.25, 0.3) is 0 Å². The molecule has 2 rings (SSSR count). The summed E-state index contributed by atoms with van der Waals surface area (Å²) in [6.07, 6.45) is 4.12. The van der Waals surface area contributed by atoms with Gasteiger partial charge in [-0.15, -0.1) is 0 Å². The maximum atomic E-state index is 5.58. The molecule has 0 bridgehead atoms. The predicted octanol–water partition coefficient (Wildman–Crippen LogP) is 1.56. The summed E-state index contributed by atoms with van der Waals surface area (Å²) < 4.78 is 1.91. The van der Waals surface area contributed by atoms with Crippen LogP contribution in [0, 0.1) is 0 Å². The molecule has 1 aromatic rings. The van der Waals surface area contributed by atoms with E-state index < -0.39 is 0 Å². The first-order valence-electron chi connectivity index (χ1n) is 4.79. The van der Waals surface area contributed by atoms with E-state index in [0.29, 0.717) is 0 Å². The summed E-state index contributed by atoms with van der Waals surface area (Å²) in [7, 11) is 0. The summed E-state index contributed by atoms with van der Waals surface area (Å²) in [4.78, 5) is 9.98. The molecule has 1 aromatic heterocycles. The van der Waals surface area contributed by atoms with Crippen molar-refractivity contribution in [3.8, 4) is 0 Å². The van der Waals surface area contributed by atoms with Crippen molar-refractivity contribution in [2.45, 2.75) is 39.0 Å². The second-order valence-corrected chi connectivity index (χ2v) is 4.55. The van der Waals surface area contributed by atoms with Crippen LogP contribution in [0.1, 0.15) is 38.7 Å². The standard InChI is InChI=1S/C10H16N2O/c1-10(2,3)9-11-7-8-5-4-6-13-12(8)9/h7H,4-6H2,1-3H3. The van der Waals surface area contributed by atoms with Crippen LogP contribution in [0.15, 0.2) is 6.20 Å². The highest BCUT2D eigenvalue weighted by atomic mass is 16.7. The molecule has 0 aromatic carbocycles. The van der Waals surface area contributed by atoms with E-state index in [1.54, 1.807) is 0 Å². The summed E-state index contributed by atoms with van der Waals surface area (Å²) in [5.74, 6) is 1.03. The molecular weight excluding hydrogens is 164 g/mol. The lowest BCUT2D eigenvalue weighted by Gasteiger charge is -2.23. The van der Waals surface area contributed by atoms with Crippen LogP contribution in [0.2, 0.25) is 0 Å². The third-order valence-electron chi connectivity index (χ3n) is 2.26. The number of hydrogen-bond acceptors (Lipinski definition) is 2. The van der Waals surface area contributed by atoms with Gasteiger partial charge < -0.3 is 4.84 Å². The van der Waals surface area contributed by atoms with E-state index in [1.165, 1.54) is 5.69 Å². The van der Waals surface area contributed by atoms with E-state index in [1.807, 2.05) is 10.9 Å². The smallest absolute Gasteiger partial charge is 0.150 e. The van der Waals surface area contributed by atoms with E-state index in [4.69, 9.17) is 4.84 Å². The largest absolute Gasteiger partial charge is 0.412 e. The first kappa shape index (κ1) is 8.60. The molecule has 0 aliphatic carbocycles. The number of nitrogens with zero attached hydrogens (tertiary/aromatic N) is 2. The highest BCUT2D eigenvalue weighted by Gasteiger charge is 2.24. The van der Waals surface area contributed by atoms with Gasteiger partial charge in [0.25, 0.3) is 0 Å². The molecule has 0 radical (unpaired) electrons. The van der Waals surface area contributed by atoms with Crippen LogP contribution in [-0.4, -0.2) is 16.3 Å². The maximum absolute atomic E-state index is 5.58. The molecule has 72 valence electrons. The zero-order valence-corrected chi connectivity index (χ0v) is 8.50. The van der Waals surface area contributed by atoms with Gasteiger partial charge in [0, 0.05) is 5.41 Å². The van der Waals surface area contributed by atoms with Crippen LogP contribution >= 0.6 is 0 Å². The molecule has 0 N–H and O–H groups in total. The Labute approximate surface area is 78.7 Å². The number of aromatic nitrogens is 2. The Morgan fingerprint density at radius 1 is 1.46 bits per heavy atom. The molecule has 0 amide bonds. The Hall–Kier alpha value is -0.990. The van der Waals surface area contributed by atoms with Gasteiger partial charge in [-0.3, -0.25) is 0 Å². The van der Waals surface area contributed by atoms with Crippen LogP contribution in [0.4, 0.5) is 0 Å². The van der Waals surface area contributed by atoms with Crippen molar-refractivity contribution in [3.05, 3.63) is 17.7 Å². The van der Waals surface area contributed by atoms with Gasteiger partial charge in [-0.05, 0) is 12.8 Å². The molecule has 1 aliphatic rings. The van der Waals surface area contributed by atoms with E-state index in [9.17, 15) is 0 Å². The monoisotopic (exact) mass is 180 g/mol. The molecular formula is C10H16N2O. The Bertz CT molecular complexity index is 309. The zero-order valence-electron chi connectivity index (χ0n) is 8.50. The zero-order chi connectivity index (χ0) is 9.47. The molecule has 0 atom stereocenters. The van der Waals surface area contributed by atoms with Gasteiger partial charge in [0.2, 0.25) is 0 Å². The van der Waals surface area contributed by atoms with Crippen molar-refractivity contribution in [2.24, 2.45) is 0 Å². The van der Waals surface area contributed by atoms with Crippen molar-refractivity contribution >= 4 is 0 Å². The minimum Gasteiger partial charge on any atom is -0.412 e. The van der Waals surface area contributed by atoms with E-state index >= 15 is 0 Å². The highest BCUT2D eigenvalue weighted by molar-refractivity contribution is 5.11. The fourth-order valence-corrected chi connectivity index (χ4v) is 1.59. The van der Waals surface area contributed by atoms with Gasteiger partial charge in [0.05, 0.1) is 11.9 Å². The van der Waals surface area contributed by atoms with Crippen molar-refractivity contribution in [1.29, 1.82) is 0 Å². The molecule has 13 heavy (non-hydrogen) atoms. The topological polar surface area (TPSA) is 27.1 Å². The second kappa shape index (κ2) is 2.76. The first-order valence-corrected chi connectivity index (χ1v) is 4.79. The van der Waals surface area contributed by atoms with Gasteiger partial charge in [-0.25, -0.2) is 4.98 Å². The number of rotatable bonds is 0. The Morgan fingerprint density at radius 2 is 2.23 bits per heavy atom. The van der Waals surface area contributed by atoms with Gasteiger partial charge in [0.15, 0.2) is 0 Å². The third-order valence-corrected chi connectivity index (χ3v) is 2.26. The average molecular weight is 180 g/mol. The number of imidazole rings is 1. The van der Waals surface area contributed by atoms with E-state index in [0.717, 1.165) is 25.3 Å². The molecule has 0 spiro atoms. The lowest BCUT2D eigenvalue weighted by molar-refractivity contribution is 0.0696. The molecule has 0 unspecified atom stereocenters. The Kier molecular flexibility index (Phi) is 1.82. The Balaban J connectivity index is 2.43. The van der Waals surface area contributed by atoms with Crippen molar-refractivity contribution < 1.29 is 4.84 Å². The normalized spacial score (nSPS) is 16.5. The number of hydrogen-bond donors (Lipinski definition) is 0.